The van der Waals surface area contributed by atoms with Gasteiger partial charge in [-0.1, -0.05) is 28.1 Å². The minimum absolute atomic E-state index is 0.106. The molecule has 0 fully saturated rings. The number of nitrogens with zero attached hydrogens (tertiary/aromatic N) is 1. The number of benzene rings is 1. The lowest BCUT2D eigenvalue weighted by molar-refractivity contribution is 0.0192. The molecule has 5 heteroatoms. The lowest BCUT2D eigenvalue weighted by Crippen LogP contribution is -2.44. The van der Waals surface area contributed by atoms with Crippen molar-refractivity contribution in [1.29, 1.82) is 0 Å². The summed E-state index contributed by atoms with van der Waals surface area (Å²) in [5, 5.41) is 3.46. The molecule has 0 aliphatic rings. The number of rotatable bonds is 6. The van der Waals surface area contributed by atoms with E-state index in [0.29, 0.717) is 13.1 Å². The Hall–Kier alpha value is -1.07. The van der Waals surface area contributed by atoms with Crippen molar-refractivity contribution in [2.75, 3.05) is 13.1 Å². The highest BCUT2D eigenvalue weighted by molar-refractivity contribution is 9.10. The van der Waals surface area contributed by atoms with Gasteiger partial charge in [-0.3, -0.25) is 0 Å². The molecule has 1 aromatic rings. The van der Waals surface area contributed by atoms with Gasteiger partial charge in [0, 0.05) is 29.6 Å². The Labute approximate surface area is 148 Å². The number of hydrogen-bond acceptors (Lipinski definition) is 3. The van der Waals surface area contributed by atoms with Crippen molar-refractivity contribution in [2.24, 2.45) is 0 Å². The molecule has 0 bridgehead atoms. The van der Waals surface area contributed by atoms with Crippen molar-refractivity contribution < 1.29 is 9.53 Å². The van der Waals surface area contributed by atoms with Crippen LogP contribution < -0.4 is 5.32 Å². The minimum atomic E-state index is -0.470. The van der Waals surface area contributed by atoms with Gasteiger partial charge in [0.2, 0.25) is 0 Å². The highest BCUT2D eigenvalue weighted by atomic mass is 79.9. The van der Waals surface area contributed by atoms with E-state index >= 15 is 0 Å². The number of amides is 1. The summed E-state index contributed by atoms with van der Waals surface area (Å²) < 4.78 is 6.54. The van der Waals surface area contributed by atoms with Gasteiger partial charge in [-0.25, -0.2) is 4.79 Å². The van der Waals surface area contributed by atoms with E-state index in [0.717, 1.165) is 4.47 Å². The van der Waals surface area contributed by atoms with Crippen LogP contribution in [0.1, 0.15) is 53.1 Å². The first-order valence-corrected chi connectivity index (χ1v) is 8.88. The normalized spacial score (nSPS) is 13.0. The molecule has 0 aliphatic carbocycles. The maximum Gasteiger partial charge on any atom is 0.410 e. The number of carbonyl (C=O) groups is 1. The van der Waals surface area contributed by atoms with Gasteiger partial charge in [0.1, 0.15) is 5.60 Å². The van der Waals surface area contributed by atoms with Gasteiger partial charge in [-0.15, -0.1) is 0 Å². The van der Waals surface area contributed by atoms with E-state index in [1.807, 2.05) is 46.8 Å². The Morgan fingerprint density at radius 3 is 2.26 bits per heavy atom. The van der Waals surface area contributed by atoms with Crippen LogP contribution in [-0.4, -0.2) is 35.7 Å². The zero-order valence-corrected chi connectivity index (χ0v) is 16.6. The molecule has 0 radical (unpaired) electrons. The number of halogens is 1. The fourth-order valence-corrected chi connectivity index (χ4v) is 2.42. The summed E-state index contributed by atoms with van der Waals surface area (Å²) in [7, 11) is 0. The minimum Gasteiger partial charge on any atom is -0.444 e. The molecule has 23 heavy (non-hydrogen) atoms. The molecule has 1 N–H and O–H groups in total. The summed E-state index contributed by atoms with van der Waals surface area (Å²) in [6.07, 6.45) is -0.259. The summed E-state index contributed by atoms with van der Waals surface area (Å²) in [6, 6.07) is 8.60. The molecule has 1 atom stereocenters. The second-order valence-corrected chi connectivity index (χ2v) is 7.91. The Balaban J connectivity index is 2.52. The van der Waals surface area contributed by atoms with E-state index in [2.05, 4.69) is 40.3 Å². The first-order chi connectivity index (χ1) is 10.6. The van der Waals surface area contributed by atoms with Crippen LogP contribution in [0.2, 0.25) is 0 Å². The molecule has 0 aromatic heterocycles. The second-order valence-electron chi connectivity index (χ2n) is 6.99. The topological polar surface area (TPSA) is 41.6 Å². The Bertz CT molecular complexity index is 495. The molecule has 0 heterocycles. The molecule has 0 saturated carbocycles. The van der Waals surface area contributed by atoms with Crippen LogP contribution >= 0.6 is 15.9 Å². The van der Waals surface area contributed by atoms with Gasteiger partial charge in [0.15, 0.2) is 0 Å². The Morgan fingerprint density at radius 2 is 1.78 bits per heavy atom. The van der Waals surface area contributed by atoms with Crippen molar-refractivity contribution >= 4 is 22.0 Å². The summed E-state index contributed by atoms with van der Waals surface area (Å²) in [5.41, 5.74) is 0.754. The quantitative estimate of drug-likeness (QED) is 0.769. The SMILES string of the molecule is CC(NCCN(C(=O)OC(C)(C)C)C(C)C)c1ccc(Br)cc1. The summed E-state index contributed by atoms with van der Waals surface area (Å²) in [4.78, 5) is 14.0. The molecule has 1 aromatic carbocycles. The van der Waals surface area contributed by atoms with Crippen molar-refractivity contribution in [1.82, 2.24) is 10.2 Å². The molecule has 0 saturated heterocycles. The molecule has 1 unspecified atom stereocenters. The van der Waals surface area contributed by atoms with Crippen LogP contribution in [0.3, 0.4) is 0 Å². The molecule has 130 valence electrons. The van der Waals surface area contributed by atoms with Crippen molar-refractivity contribution in [2.45, 2.75) is 59.2 Å². The molecule has 0 aliphatic heterocycles. The lowest BCUT2D eigenvalue weighted by atomic mass is 10.1. The third kappa shape index (κ3) is 7.36. The third-order valence-electron chi connectivity index (χ3n) is 3.42. The number of hydrogen-bond donors (Lipinski definition) is 1. The number of ether oxygens (including phenoxy) is 1. The van der Waals surface area contributed by atoms with E-state index in [-0.39, 0.29) is 18.2 Å². The van der Waals surface area contributed by atoms with Crippen LogP contribution in [0.4, 0.5) is 4.79 Å². The molecule has 1 amide bonds. The molecule has 4 nitrogen and oxygen atoms in total. The average Bonchev–Trinajstić information content (AvgIpc) is 2.41. The summed E-state index contributed by atoms with van der Waals surface area (Å²) in [5.74, 6) is 0. The van der Waals surface area contributed by atoms with Crippen LogP contribution in [0, 0.1) is 0 Å². The fraction of sp³-hybridized carbons (Fsp3) is 0.611. The smallest absolute Gasteiger partial charge is 0.410 e. The Morgan fingerprint density at radius 1 is 1.22 bits per heavy atom. The van der Waals surface area contributed by atoms with Gasteiger partial charge in [0.05, 0.1) is 0 Å². The zero-order chi connectivity index (χ0) is 17.6. The fourth-order valence-electron chi connectivity index (χ4n) is 2.15. The van der Waals surface area contributed by atoms with Gasteiger partial charge in [-0.2, -0.15) is 0 Å². The molecular formula is C18H29BrN2O2. The zero-order valence-electron chi connectivity index (χ0n) is 15.0. The molecule has 0 spiro atoms. The summed E-state index contributed by atoms with van der Waals surface area (Å²) in [6.45, 7) is 13.1. The van der Waals surface area contributed by atoms with Crippen molar-refractivity contribution in [3.05, 3.63) is 34.3 Å². The van der Waals surface area contributed by atoms with Crippen LogP contribution in [0.5, 0.6) is 0 Å². The van der Waals surface area contributed by atoms with E-state index in [9.17, 15) is 4.79 Å². The van der Waals surface area contributed by atoms with Crippen molar-refractivity contribution in [3.63, 3.8) is 0 Å². The van der Waals surface area contributed by atoms with Gasteiger partial charge < -0.3 is 15.0 Å². The first-order valence-electron chi connectivity index (χ1n) is 8.08. The predicted molar refractivity (Wildman–Crippen MR) is 98.6 cm³/mol. The second kappa shape index (κ2) is 8.69. The van der Waals surface area contributed by atoms with E-state index in [4.69, 9.17) is 4.74 Å². The maximum absolute atomic E-state index is 12.3. The third-order valence-corrected chi connectivity index (χ3v) is 3.95. The number of nitrogens with one attached hydrogen (secondary N) is 1. The van der Waals surface area contributed by atoms with Crippen LogP contribution in [0.15, 0.2) is 28.7 Å². The average molecular weight is 385 g/mol. The van der Waals surface area contributed by atoms with Gasteiger partial charge in [-0.05, 0) is 59.2 Å². The molecular weight excluding hydrogens is 356 g/mol. The summed E-state index contributed by atoms with van der Waals surface area (Å²) >= 11 is 3.44. The van der Waals surface area contributed by atoms with E-state index in [1.165, 1.54) is 5.56 Å². The number of carbonyl (C=O) groups excluding carboxylic acids is 1. The van der Waals surface area contributed by atoms with E-state index < -0.39 is 5.60 Å². The first kappa shape index (κ1) is 20.0. The largest absolute Gasteiger partial charge is 0.444 e. The maximum atomic E-state index is 12.3. The van der Waals surface area contributed by atoms with E-state index in [1.54, 1.807) is 4.90 Å². The highest BCUT2D eigenvalue weighted by Crippen LogP contribution is 2.16. The van der Waals surface area contributed by atoms with Crippen LogP contribution in [0.25, 0.3) is 0 Å². The monoisotopic (exact) mass is 384 g/mol. The highest BCUT2D eigenvalue weighted by Gasteiger charge is 2.23. The van der Waals surface area contributed by atoms with Gasteiger partial charge in [0.25, 0.3) is 0 Å². The van der Waals surface area contributed by atoms with Gasteiger partial charge >= 0.3 is 6.09 Å². The Kier molecular flexibility index (Phi) is 7.55. The standard InChI is InChI=1S/C18H29BrN2O2/c1-13(2)21(17(22)23-18(4,5)6)12-11-20-14(3)15-7-9-16(19)10-8-15/h7-10,13-14,20H,11-12H2,1-6H3. The van der Waals surface area contributed by atoms with Crippen LogP contribution in [-0.2, 0) is 4.74 Å². The lowest BCUT2D eigenvalue weighted by Gasteiger charge is -2.30. The molecule has 1 rings (SSSR count). The van der Waals surface area contributed by atoms with Crippen molar-refractivity contribution in [3.8, 4) is 0 Å². The predicted octanol–water partition coefficient (Wildman–Crippen LogP) is 4.75.